The van der Waals surface area contributed by atoms with Crippen LogP contribution in [0.5, 0.6) is 0 Å². The molecule has 0 bridgehead atoms. The van der Waals surface area contributed by atoms with Crippen LogP contribution in [0, 0.1) is 0 Å². The number of H-pyrrole nitrogens is 1. The third-order valence-electron chi connectivity index (χ3n) is 4.95. The number of nitrogens with zero attached hydrogens (tertiary/aromatic N) is 2. The topological polar surface area (TPSA) is 104 Å². The van der Waals surface area contributed by atoms with Gasteiger partial charge in [0, 0.05) is 26.4 Å². The molecule has 1 saturated heterocycles. The van der Waals surface area contributed by atoms with Gasteiger partial charge in [-0.15, -0.1) is 0 Å². The van der Waals surface area contributed by atoms with E-state index in [1.807, 2.05) is 0 Å². The SMILES string of the molecule is CN(C)S(=O)(=O)c1ccc(Cl)c(C(=O)Nc2ccc3nc(C4CCCO4)[nH]c3c2)c1. The van der Waals surface area contributed by atoms with E-state index in [0.29, 0.717) is 5.69 Å². The summed E-state index contributed by atoms with van der Waals surface area (Å²) < 4.78 is 31.5. The van der Waals surface area contributed by atoms with E-state index >= 15 is 0 Å². The number of nitrogens with one attached hydrogen (secondary N) is 2. The number of ether oxygens (including phenoxy) is 1. The molecule has 1 amide bonds. The predicted molar refractivity (Wildman–Crippen MR) is 114 cm³/mol. The van der Waals surface area contributed by atoms with Crippen LogP contribution in [-0.4, -0.2) is 49.3 Å². The zero-order valence-corrected chi connectivity index (χ0v) is 18.0. The number of aromatic nitrogens is 2. The summed E-state index contributed by atoms with van der Waals surface area (Å²) in [5.41, 5.74) is 2.15. The Labute approximate surface area is 179 Å². The summed E-state index contributed by atoms with van der Waals surface area (Å²) in [6.07, 6.45) is 1.90. The average molecular weight is 449 g/mol. The molecule has 2 heterocycles. The van der Waals surface area contributed by atoms with Gasteiger partial charge in [0.25, 0.3) is 5.91 Å². The number of halogens is 1. The molecule has 4 rings (SSSR count). The molecule has 30 heavy (non-hydrogen) atoms. The number of hydrogen-bond acceptors (Lipinski definition) is 5. The van der Waals surface area contributed by atoms with Crippen LogP contribution in [0.4, 0.5) is 5.69 Å². The van der Waals surface area contributed by atoms with Gasteiger partial charge in [-0.3, -0.25) is 4.79 Å². The van der Waals surface area contributed by atoms with E-state index in [4.69, 9.17) is 16.3 Å². The zero-order valence-electron chi connectivity index (χ0n) is 16.5. The Kier molecular flexibility index (Phi) is 5.54. The number of fused-ring (bicyclic) bond motifs is 1. The Morgan fingerprint density at radius 1 is 1.27 bits per heavy atom. The predicted octanol–water partition coefficient (Wildman–Crippen LogP) is 3.57. The van der Waals surface area contributed by atoms with Gasteiger partial charge in [0.2, 0.25) is 10.0 Å². The van der Waals surface area contributed by atoms with Crippen molar-refractivity contribution in [2.75, 3.05) is 26.0 Å². The Morgan fingerprint density at radius 2 is 2.07 bits per heavy atom. The molecule has 158 valence electrons. The molecular formula is C20H21ClN4O4S. The minimum atomic E-state index is -3.69. The number of anilines is 1. The number of carbonyl (C=O) groups is 1. The second-order valence-electron chi connectivity index (χ2n) is 7.24. The first-order valence-corrected chi connectivity index (χ1v) is 11.2. The molecule has 3 aromatic rings. The van der Waals surface area contributed by atoms with Gasteiger partial charge < -0.3 is 15.0 Å². The molecule has 8 nitrogen and oxygen atoms in total. The number of carbonyl (C=O) groups excluding carboxylic acids is 1. The second-order valence-corrected chi connectivity index (χ2v) is 9.80. The number of amides is 1. The molecule has 1 aromatic heterocycles. The number of imidazole rings is 1. The number of sulfonamides is 1. The third kappa shape index (κ3) is 3.93. The molecular weight excluding hydrogens is 428 g/mol. The lowest BCUT2D eigenvalue weighted by Gasteiger charge is -2.13. The van der Waals surface area contributed by atoms with Crippen LogP contribution in [0.25, 0.3) is 11.0 Å². The number of rotatable bonds is 5. The van der Waals surface area contributed by atoms with Crippen molar-refractivity contribution in [1.29, 1.82) is 0 Å². The van der Waals surface area contributed by atoms with Gasteiger partial charge >= 0.3 is 0 Å². The van der Waals surface area contributed by atoms with Crippen LogP contribution in [0.1, 0.15) is 35.1 Å². The Morgan fingerprint density at radius 3 is 2.77 bits per heavy atom. The zero-order chi connectivity index (χ0) is 21.5. The summed E-state index contributed by atoms with van der Waals surface area (Å²) in [5, 5.41) is 2.93. The number of hydrogen-bond donors (Lipinski definition) is 2. The highest BCUT2D eigenvalue weighted by Crippen LogP contribution is 2.29. The van der Waals surface area contributed by atoms with Gasteiger partial charge in [0.1, 0.15) is 11.9 Å². The van der Waals surface area contributed by atoms with Gasteiger partial charge in [-0.1, -0.05) is 11.6 Å². The van der Waals surface area contributed by atoms with Crippen molar-refractivity contribution >= 4 is 44.3 Å². The molecule has 2 N–H and O–H groups in total. The Hall–Kier alpha value is -2.46. The van der Waals surface area contributed by atoms with Gasteiger partial charge in [-0.05, 0) is 49.2 Å². The minimum Gasteiger partial charge on any atom is -0.370 e. The van der Waals surface area contributed by atoms with Crippen molar-refractivity contribution in [3.63, 3.8) is 0 Å². The van der Waals surface area contributed by atoms with E-state index in [0.717, 1.165) is 40.6 Å². The highest BCUT2D eigenvalue weighted by molar-refractivity contribution is 7.89. The van der Waals surface area contributed by atoms with E-state index in [-0.39, 0.29) is 21.6 Å². The van der Waals surface area contributed by atoms with E-state index in [1.165, 1.54) is 32.3 Å². The molecule has 10 heteroatoms. The highest BCUT2D eigenvalue weighted by Gasteiger charge is 2.22. The molecule has 1 fully saturated rings. The molecule has 1 unspecified atom stereocenters. The summed E-state index contributed by atoms with van der Waals surface area (Å²) in [6, 6.07) is 9.35. The van der Waals surface area contributed by atoms with Crippen molar-refractivity contribution in [3.8, 4) is 0 Å². The smallest absolute Gasteiger partial charge is 0.257 e. The van der Waals surface area contributed by atoms with Crippen LogP contribution in [0.15, 0.2) is 41.3 Å². The normalized spacial score (nSPS) is 17.0. The van der Waals surface area contributed by atoms with E-state index < -0.39 is 15.9 Å². The molecule has 1 aliphatic rings. The maximum absolute atomic E-state index is 12.8. The van der Waals surface area contributed by atoms with Gasteiger partial charge in [-0.25, -0.2) is 17.7 Å². The van der Waals surface area contributed by atoms with Crippen molar-refractivity contribution in [2.24, 2.45) is 0 Å². The standard InChI is InChI=1S/C20H21ClN4O4S/c1-25(2)30(27,28)13-6-7-15(21)14(11-13)20(26)22-12-5-8-16-17(10-12)24-19(23-16)18-4-3-9-29-18/h5-8,10-11,18H,3-4,9H2,1-2H3,(H,22,26)(H,23,24). The monoisotopic (exact) mass is 448 g/mol. The fourth-order valence-corrected chi connectivity index (χ4v) is 4.43. The van der Waals surface area contributed by atoms with Crippen LogP contribution in [0.3, 0.4) is 0 Å². The van der Waals surface area contributed by atoms with Crippen molar-refractivity contribution in [1.82, 2.24) is 14.3 Å². The molecule has 2 aromatic carbocycles. The quantitative estimate of drug-likeness (QED) is 0.620. The summed E-state index contributed by atoms with van der Waals surface area (Å²) >= 11 is 6.16. The molecule has 1 aliphatic heterocycles. The lowest BCUT2D eigenvalue weighted by molar-refractivity contribution is 0.102. The Balaban J connectivity index is 1.60. The van der Waals surface area contributed by atoms with Gasteiger partial charge in [0.15, 0.2) is 0 Å². The number of aromatic amines is 1. The lowest BCUT2D eigenvalue weighted by atomic mass is 10.2. The highest BCUT2D eigenvalue weighted by atomic mass is 35.5. The largest absolute Gasteiger partial charge is 0.370 e. The maximum atomic E-state index is 12.8. The van der Waals surface area contributed by atoms with E-state index in [9.17, 15) is 13.2 Å². The second kappa shape index (κ2) is 7.99. The molecule has 0 saturated carbocycles. The van der Waals surface area contributed by atoms with Crippen molar-refractivity contribution in [2.45, 2.75) is 23.8 Å². The van der Waals surface area contributed by atoms with Crippen LogP contribution in [-0.2, 0) is 14.8 Å². The van der Waals surface area contributed by atoms with Crippen LogP contribution < -0.4 is 5.32 Å². The first-order valence-electron chi connectivity index (χ1n) is 9.40. The van der Waals surface area contributed by atoms with Crippen LogP contribution in [0.2, 0.25) is 5.02 Å². The molecule has 0 aliphatic carbocycles. The van der Waals surface area contributed by atoms with Crippen molar-refractivity contribution < 1.29 is 17.9 Å². The molecule has 0 radical (unpaired) electrons. The van der Waals surface area contributed by atoms with Gasteiger partial charge in [-0.2, -0.15) is 0 Å². The van der Waals surface area contributed by atoms with E-state index in [2.05, 4.69) is 15.3 Å². The fourth-order valence-electron chi connectivity index (χ4n) is 3.30. The first kappa shape index (κ1) is 20.8. The summed E-state index contributed by atoms with van der Waals surface area (Å²) in [7, 11) is -0.838. The summed E-state index contributed by atoms with van der Waals surface area (Å²) in [6.45, 7) is 0.729. The average Bonchev–Trinajstić information content (AvgIpc) is 3.37. The lowest BCUT2D eigenvalue weighted by Crippen LogP contribution is -2.23. The molecule has 1 atom stereocenters. The first-order chi connectivity index (χ1) is 14.3. The minimum absolute atomic E-state index is 0.00715. The summed E-state index contributed by atoms with van der Waals surface area (Å²) in [4.78, 5) is 20.6. The molecule has 0 spiro atoms. The number of benzene rings is 2. The van der Waals surface area contributed by atoms with Crippen molar-refractivity contribution in [3.05, 3.63) is 52.8 Å². The summed E-state index contributed by atoms with van der Waals surface area (Å²) in [5.74, 6) is 0.268. The van der Waals surface area contributed by atoms with Gasteiger partial charge in [0.05, 0.1) is 26.5 Å². The van der Waals surface area contributed by atoms with Crippen LogP contribution >= 0.6 is 11.6 Å². The fraction of sp³-hybridized carbons (Fsp3) is 0.300. The third-order valence-corrected chi connectivity index (χ3v) is 7.09. The Bertz CT molecular complexity index is 1220. The van der Waals surface area contributed by atoms with E-state index in [1.54, 1.807) is 18.2 Å². The maximum Gasteiger partial charge on any atom is 0.257 e.